The van der Waals surface area contributed by atoms with Crippen molar-refractivity contribution >= 4 is 6.09 Å². The van der Waals surface area contributed by atoms with Crippen LogP contribution in [0.25, 0.3) is 0 Å². The zero-order valence-electron chi connectivity index (χ0n) is 3.78. The summed E-state index contributed by atoms with van der Waals surface area (Å²) in [5.74, 6) is 0. The zero-order valence-corrected chi connectivity index (χ0v) is 3.78. The number of alkyl halides is 2. The molecular weight excluding hydrogens is 120 g/mol. The molecular formula is C3H3F2NO2. The molecule has 1 saturated heterocycles. The molecule has 0 aromatic carbocycles. The molecule has 46 valence electrons. The van der Waals surface area contributed by atoms with Gasteiger partial charge in [-0.15, -0.1) is 0 Å². The van der Waals surface area contributed by atoms with E-state index in [1.807, 2.05) is 0 Å². The Morgan fingerprint density at radius 2 is 2.38 bits per heavy atom. The number of nitrogens with one attached hydrogen (secondary N) is 1. The first kappa shape index (κ1) is 5.27. The fourth-order valence-electron chi connectivity index (χ4n) is 0.378. The molecule has 0 aliphatic carbocycles. The van der Waals surface area contributed by atoms with Gasteiger partial charge in [-0.25, -0.2) is 4.79 Å². The molecule has 1 N–H and O–H groups in total. The van der Waals surface area contributed by atoms with E-state index in [0.717, 1.165) is 0 Å². The molecule has 8 heavy (non-hydrogen) atoms. The van der Waals surface area contributed by atoms with Crippen molar-refractivity contribution in [3.8, 4) is 0 Å². The Bertz CT molecular complexity index is 124. The standard InChI is InChI=1S/C3H3F2NO2/c4-3(5)1-8-2(7)6-3/h1H2,(H,6,7). The molecule has 5 heteroatoms. The number of amides is 1. The van der Waals surface area contributed by atoms with Gasteiger partial charge >= 0.3 is 12.1 Å². The van der Waals surface area contributed by atoms with Crippen molar-refractivity contribution in [3.63, 3.8) is 0 Å². The lowest BCUT2D eigenvalue weighted by Gasteiger charge is -2.00. The van der Waals surface area contributed by atoms with E-state index in [1.54, 1.807) is 0 Å². The number of carbonyl (C=O) groups excluding carboxylic acids is 1. The molecule has 0 aromatic heterocycles. The third-order valence-corrected chi connectivity index (χ3v) is 0.669. The van der Waals surface area contributed by atoms with Gasteiger partial charge in [-0.3, -0.25) is 5.32 Å². The minimum atomic E-state index is -3.16. The summed E-state index contributed by atoms with van der Waals surface area (Å²) in [7, 11) is 0. The molecule has 0 spiro atoms. The Kier molecular flexibility index (Phi) is 0.858. The number of ether oxygens (including phenoxy) is 1. The molecule has 1 amide bonds. The smallest absolute Gasteiger partial charge is 0.412 e. The number of rotatable bonds is 0. The van der Waals surface area contributed by atoms with Gasteiger partial charge in [-0.2, -0.15) is 8.78 Å². The van der Waals surface area contributed by atoms with Crippen LogP contribution >= 0.6 is 0 Å². The number of carbonyl (C=O) groups is 1. The lowest BCUT2D eigenvalue weighted by atomic mass is 10.6. The van der Waals surface area contributed by atoms with Crippen LogP contribution < -0.4 is 5.32 Å². The molecule has 1 aliphatic heterocycles. The van der Waals surface area contributed by atoms with Crippen LogP contribution in [0.2, 0.25) is 0 Å². The number of cyclic esters (lactones) is 1. The highest BCUT2D eigenvalue weighted by molar-refractivity contribution is 5.69. The molecule has 1 aliphatic rings. The van der Waals surface area contributed by atoms with Crippen LogP contribution in [0.4, 0.5) is 13.6 Å². The largest absolute Gasteiger partial charge is 0.441 e. The Morgan fingerprint density at radius 1 is 1.75 bits per heavy atom. The monoisotopic (exact) mass is 123 g/mol. The van der Waals surface area contributed by atoms with Crippen LogP contribution in [-0.4, -0.2) is 18.7 Å². The van der Waals surface area contributed by atoms with E-state index in [1.165, 1.54) is 5.32 Å². The SMILES string of the molecule is O=C1NC(F)(F)CO1. The quantitative estimate of drug-likeness (QED) is 0.471. The average molecular weight is 123 g/mol. The van der Waals surface area contributed by atoms with Crippen LogP contribution in [0.5, 0.6) is 0 Å². The van der Waals surface area contributed by atoms with Crippen LogP contribution in [0.3, 0.4) is 0 Å². The van der Waals surface area contributed by atoms with Crippen molar-refractivity contribution in [1.82, 2.24) is 5.32 Å². The predicted molar refractivity (Wildman–Crippen MR) is 19.4 cm³/mol. The van der Waals surface area contributed by atoms with E-state index >= 15 is 0 Å². The summed E-state index contributed by atoms with van der Waals surface area (Å²) in [6.07, 6.45) is -1.06. The Morgan fingerprint density at radius 3 is 2.50 bits per heavy atom. The first-order valence-corrected chi connectivity index (χ1v) is 1.93. The summed E-state index contributed by atoms with van der Waals surface area (Å²) >= 11 is 0. The minimum absolute atomic E-state index is 0.855. The van der Waals surface area contributed by atoms with Gasteiger partial charge in [0.1, 0.15) is 0 Å². The van der Waals surface area contributed by atoms with E-state index in [-0.39, 0.29) is 0 Å². The second-order valence-corrected chi connectivity index (χ2v) is 1.41. The molecule has 1 heterocycles. The van der Waals surface area contributed by atoms with Gasteiger partial charge in [0.05, 0.1) is 0 Å². The van der Waals surface area contributed by atoms with Crippen LogP contribution in [0, 0.1) is 0 Å². The van der Waals surface area contributed by atoms with Crippen molar-refractivity contribution in [2.45, 2.75) is 6.05 Å². The molecule has 0 bridgehead atoms. The van der Waals surface area contributed by atoms with Crippen molar-refractivity contribution in [2.75, 3.05) is 6.61 Å². The van der Waals surface area contributed by atoms with E-state index in [0.29, 0.717) is 0 Å². The van der Waals surface area contributed by atoms with Crippen molar-refractivity contribution < 1.29 is 18.3 Å². The molecule has 1 fully saturated rings. The van der Waals surface area contributed by atoms with E-state index in [9.17, 15) is 13.6 Å². The molecule has 0 unspecified atom stereocenters. The maximum Gasteiger partial charge on any atom is 0.412 e. The van der Waals surface area contributed by atoms with E-state index in [4.69, 9.17) is 0 Å². The fraction of sp³-hybridized carbons (Fsp3) is 0.667. The highest BCUT2D eigenvalue weighted by atomic mass is 19.3. The maximum absolute atomic E-state index is 11.7. The van der Waals surface area contributed by atoms with E-state index in [2.05, 4.69) is 4.74 Å². The summed E-state index contributed by atoms with van der Waals surface area (Å²) in [5, 5.41) is 1.30. The van der Waals surface area contributed by atoms with Gasteiger partial charge < -0.3 is 4.74 Å². The normalized spacial score (nSPS) is 24.5. The summed E-state index contributed by atoms with van der Waals surface area (Å²) < 4.78 is 27.3. The maximum atomic E-state index is 11.7. The lowest BCUT2D eigenvalue weighted by molar-refractivity contribution is -0.0229. The average Bonchev–Trinajstić information content (AvgIpc) is 1.82. The molecule has 0 atom stereocenters. The van der Waals surface area contributed by atoms with Gasteiger partial charge in [-0.1, -0.05) is 0 Å². The number of halogens is 2. The van der Waals surface area contributed by atoms with Crippen LogP contribution in [0.15, 0.2) is 0 Å². The summed E-state index contributed by atoms with van der Waals surface area (Å²) in [6, 6.07) is -3.16. The van der Waals surface area contributed by atoms with Gasteiger partial charge in [0.25, 0.3) is 0 Å². The second-order valence-electron chi connectivity index (χ2n) is 1.41. The third kappa shape index (κ3) is 0.853. The van der Waals surface area contributed by atoms with Gasteiger partial charge in [0, 0.05) is 0 Å². The summed E-state index contributed by atoms with van der Waals surface area (Å²) in [6.45, 7) is -0.855. The van der Waals surface area contributed by atoms with Crippen LogP contribution in [0.1, 0.15) is 0 Å². The molecule has 0 radical (unpaired) electrons. The third-order valence-electron chi connectivity index (χ3n) is 0.669. The highest BCUT2D eigenvalue weighted by Crippen LogP contribution is 2.14. The van der Waals surface area contributed by atoms with E-state index < -0.39 is 18.7 Å². The fourth-order valence-corrected chi connectivity index (χ4v) is 0.378. The Hall–Kier alpha value is -0.870. The van der Waals surface area contributed by atoms with Gasteiger partial charge in [0.2, 0.25) is 0 Å². The van der Waals surface area contributed by atoms with Crippen molar-refractivity contribution in [1.29, 1.82) is 0 Å². The molecule has 0 aromatic rings. The van der Waals surface area contributed by atoms with Crippen LogP contribution in [-0.2, 0) is 4.74 Å². The lowest BCUT2D eigenvalue weighted by Crippen LogP contribution is -2.33. The zero-order chi connectivity index (χ0) is 6.20. The first-order chi connectivity index (χ1) is 3.60. The Labute approximate surface area is 43.6 Å². The molecule has 1 rings (SSSR count). The Balaban J connectivity index is 2.56. The van der Waals surface area contributed by atoms with Gasteiger partial charge in [-0.05, 0) is 0 Å². The summed E-state index contributed by atoms with van der Waals surface area (Å²) in [5.41, 5.74) is 0. The first-order valence-electron chi connectivity index (χ1n) is 1.93. The van der Waals surface area contributed by atoms with Gasteiger partial charge in [0.15, 0.2) is 6.61 Å². The highest BCUT2D eigenvalue weighted by Gasteiger charge is 2.39. The molecule has 3 nitrogen and oxygen atoms in total. The predicted octanol–water partition coefficient (Wildman–Crippen LogP) is 0.319. The minimum Gasteiger partial charge on any atom is -0.441 e. The van der Waals surface area contributed by atoms with Crippen molar-refractivity contribution in [3.05, 3.63) is 0 Å². The molecule has 0 saturated carbocycles. The van der Waals surface area contributed by atoms with Crippen molar-refractivity contribution in [2.24, 2.45) is 0 Å². The number of hydrogen-bond donors (Lipinski definition) is 1. The summed E-state index contributed by atoms with van der Waals surface area (Å²) in [4.78, 5) is 9.85. The number of hydrogen-bond acceptors (Lipinski definition) is 2. The number of alkyl carbamates (subject to hydrolysis) is 1. The topological polar surface area (TPSA) is 38.3 Å². The second kappa shape index (κ2) is 1.30.